The van der Waals surface area contributed by atoms with Gasteiger partial charge in [-0.25, -0.2) is 8.42 Å². The molecule has 1 aromatic carbocycles. The molecule has 0 aliphatic heterocycles. The predicted molar refractivity (Wildman–Crippen MR) is 57.6 cm³/mol. The Kier molecular flexibility index (Phi) is 3.21. The lowest BCUT2D eigenvalue weighted by Crippen LogP contribution is -2.09. The highest BCUT2D eigenvalue weighted by molar-refractivity contribution is 9.10. The Morgan fingerprint density at radius 3 is 2.62 bits per heavy atom. The quantitative estimate of drug-likeness (QED) is 0.907. The van der Waals surface area contributed by atoms with Crippen LogP contribution in [0.1, 0.15) is 0 Å². The second-order valence-electron chi connectivity index (χ2n) is 2.50. The molecule has 1 rings (SSSR count). The molecule has 0 saturated heterocycles. The number of rotatable bonds is 2. The van der Waals surface area contributed by atoms with Crippen LogP contribution in [0.25, 0.3) is 0 Å². The number of nitrogens with one attached hydrogen (secondary N) is 1. The average Bonchev–Trinajstić information content (AvgIpc) is 1.94. The van der Waals surface area contributed by atoms with Crippen molar-refractivity contribution in [2.24, 2.45) is 0 Å². The molecule has 0 spiro atoms. The molecule has 0 amide bonds. The van der Waals surface area contributed by atoms with E-state index in [0.717, 1.165) is 10.7 Å². The minimum Gasteiger partial charge on any atom is -0.282 e. The van der Waals surface area contributed by atoms with Crippen molar-refractivity contribution in [1.82, 2.24) is 0 Å². The number of halogens is 2. The van der Waals surface area contributed by atoms with Crippen LogP contribution in [0, 0.1) is 0 Å². The molecule has 0 aromatic heterocycles. The van der Waals surface area contributed by atoms with E-state index in [0.29, 0.717) is 10.7 Å². The summed E-state index contributed by atoms with van der Waals surface area (Å²) in [6, 6.07) is 4.94. The summed E-state index contributed by atoms with van der Waals surface area (Å²) < 4.78 is 24.8. The molecule has 0 heterocycles. The Balaban J connectivity index is 3.08. The molecule has 3 nitrogen and oxygen atoms in total. The Labute approximate surface area is 90.3 Å². The lowest BCUT2D eigenvalue weighted by molar-refractivity contribution is 0.607. The van der Waals surface area contributed by atoms with Crippen LogP contribution in [0.15, 0.2) is 22.7 Å². The minimum absolute atomic E-state index is 0.369. The van der Waals surface area contributed by atoms with Gasteiger partial charge in [-0.15, -0.1) is 0 Å². The van der Waals surface area contributed by atoms with Crippen molar-refractivity contribution in [2.75, 3.05) is 11.0 Å². The molecule has 0 aliphatic rings. The van der Waals surface area contributed by atoms with E-state index < -0.39 is 10.0 Å². The first-order valence-corrected chi connectivity index (χ1v) is 6.37. The number of hydrogen-bond donors (Lipinski definition) is 1. The molecular formula is C7H7BrClNO2S. The third-order valence-electron chi connectivity index (χ3n) is 1.22. The molecule has 0 unspecified atom stereocenters. The maximum absolute atomic E-state index is 10.9. The van der Waals surface area contributed by atoms with Crippen molar-refractivity contribution in [3.8, 4) is 0 Å². The first-order valence-electron chi connectivity index (χ1n) is 3.31. The van der Waals surface area contributed by atoms with Crippen LogP contribution >= 0.6 is 27.5 Å². The zero-order valence-electron chi connectivity index (χ0n) is 6.71. The van der Waals surface area contributed by atoms with Gasteiger partial charge in [0.15, 0.2) is 0 Å². The van der Waals surface area contributed by atoms with Gasteiger partial charge in [0.25, 0.3) is 0 Å². The monoisotopic (exact) mass is 283 g/mol. The van der Waals surface area contributed by atoms with Crippen LogP contribution in [-0.4, -0.2) is 14.7 Å². The molecule has 0 atom stereocenters. The summed E-state index contributed by atoms with van der Waals surface area (Å²) >= 11 is 8.96. The van der Waals surface area contributed by atoms with E-state index in [2.05, 4.69) is 20.7 Å². The van der Waals surface area contributed by atoms with Crippen LogP contribution in [0.5, 0.6) is 0 Å². The van der Waals surface area contributed by atoms with Crippen LogP contribution in [-0.2, 0) is 10.0 Å². The maximum atomic E-state index is 10.9. The molecule has 0 bridgehead atoms. The molecule has 0 fully saturated rings. The van der Waals surface area contributed by atoms with Crippen LogP contribution in [0.3, 0.4) is 0 Å². The van der Waals surface area contributed by atoms with Crippen molar-refractivity contribution in [3.05, 3.63) is 27.7 Å². The zero-order chi connectivity index (χ0) is 10.1. The van der Waals surface area contributed by atoms with Gasteiger partial charge in [0.1, 0.15) is 0 Å². The molecule has 0 radical (unpaired) electrons. The number of anilines is 1. The predicted octanol–water partition coefficient (Wildman–Crippen LogP) is 2.47. The molecular weight excluding hydrogens is 278 g/mol. The highest BCUT2D eigenvalue weighted by atomic mass is 79.9. The van der Waals surface area contributed by atoms with Gasteiger partial charge in [-0.2, -0.15) is 0 Å². The summed E-state index contributed by atoms with van der Waals surface area (Å²) in [4.78, 5) is 0. The molecule has 72 valence electrons. The van der Waals surface area contributed by atoms with E-state index in [1.165, 1.54) is 0 Å². The third kappa shape index (κ3) is 3.54. The Morgan fingerprint density at radius 2 is 2.08 bits per heavy atom. The molecule has 1 aromatic rings. The average molecular weight is 285 g/mol. The Hall–Kier alpha value is -0.260. The summed E-state index contributed by atoms with van der Waals surface area (Å²) in [5.41, 5.74) is 0.374. The standard InChI is InChI=1S/C7H7BrClNO2S/c1-13(11,12)10-7-4-5(8)2-3-6(7)9/h2-4,10H,1H3. The number of benzene rings is 1. The largest absolute Gasteiger partial charge is 0.282 e. The second kappa shape index (κ2) is 3.86. The normalized spacial score (nSPS) is 11.3. The lowest BCUT2D eigenvalue weighted by Gasteiger charge is -2.05. The molecule has 13 heavy (non-hydrogen) atoms. The van der Waals surface area contributed by atoms with E-state index in [9.17, 15) is 8.42 Å². The van der Waals surface area contributed by atoms with E-state index in [4.69, 9.17) is 11.6 Å². The topological polar surface area (TPSA) is 46.2 Å². The number of hydrogen-bond acceptors (Lipinski definition) is 2. The molecule has 0 saturated carbocycles. The summed E-state index contributed by atoms with van der Waals surface area (Å²) in [7, 11) is -3.27. The number of sulfonamides is 1. The van der Waals surface area contributed by atoms with Crippen molar-refractivity contribution in [1.29, 1.82) is 0 Å². The van der Waals surface area contributed by atoms with Gasteiger partial charge in [0, 0.05) is 4.47 Å². The highest BCUT2D eigenvalue weighted by Crippen LogP contribution is 2.26. The summed E-state index contributed by atoms with van der Waals surface area (Å²) in [5.74, 6) is 0. The summed E-state index contributed by atoms with van der Waals surface area (Å²) in [5, 5.41) is 0.369. The van der Waals surface area contributed by atoms with Gasteiger partial charge in [-0.1, -0.05) is 27.5 Å². The highest BCUT2D eigenvalue weighted by Gasteiger charge is 2.05. The fourth-order valence-electron chi connectivity index (χ4n) is 0.775. The van der Waals surface area contributed by atoms with Gasteiger partial charge in [-0.05, 0) is 18.2 Å². The summed E-state index contributed by atoms with van der Waals surface area (Å²) in [6.07, 6.45) is 1.07. The Bertz CT molecular complexity index is 419. The molecule has 6 heteroatoms. The SMILES string of the molecule is CS(=O)(=O)Nc1cc(Br)ccc1Cl. The second-order valence-corrected chi connectivity index (χ2v) is 5.57. The van der Waals surface area contributed by atoms with Gasteiger partial charge in [0.05, 0.1) is 17.0 Å². The first-order chi connectivity index (χ1) is 5.88. The van der Waals surface area contributed by atoms with Gasteiger partial charge in [0.2, 0.25) is 10.0 Å². The fourth-order valence-corrected chi connectivity index (χ4v) is 1.93. The van der Waals surface area contributed by atoms with Crippen molar-refractivity contribution >= 4 is 43.2 Å². The lowest BCUT2D eigenvalue weighted by atomic mass is 10.3. The minimum atomic E-state index is -3.27. The molecule has 0 aliphatic carbocycles. The van der Waals surface area contributed by atoms with Crippen molar-refractivity contribution in [3.63, 3.8) is 0 Å². The zero-order valence-corrected chi connectivity index (χ0v) is 9.87. The van der Waals surface area contributed by atoms with Gasteiger partial charge < -0.3 is 0 Å². The van der Waals surface area contributed by atoms with Crippen LogP contribution < -0.4 is 4.72 Å². The fraction of sp³-hybridized carbons (Fsp3) is 0.143. The van der Waals surface area contributed by atoms with Crippen LogP contribution in [0.4, 0.5) is 5.69 Å². The third-order valence-corrected chi connectivity index (χ3v) is 2.64. The van der Waals surface area contributed by atoms with Gasteiger partial charge >= 0.3 is 0 Å². The first kappa shape index (κ1) is 10.8. The van der Waals surface area contributed by atoms with Crippen molar-refractivity contribution in [2.45, 2.75) is 0 Å². The van der Waals surface area contributed by atoms with Gasteiger partial charge in [-0.3, -0.25) is 4.72 Å². The Morgan fingerprint density at radius 1 is 1.46 bits per heavy atom. The van der Waals surface area contributed by atoms with E-state index in [-0.39, 0.29) is 0 Å². The van der Waals surface area contributed by atoms with Crippen LogP contribution in [0.2, 0.25) is 5.02 Å². The van der Waals surface area contributed by atoms with E-state index in [1.807, 2.05) is 0 Å². The maximum Gasteiger partial charge on any atom is 0.229 e. The van der Waals surface area contributed by atoms with Crippen molar-refractivity contribution < 1.29 is 8.42 Å². The van der Waals surface area contributed by atoms with E-state index in [1.54, 1.807) is 18.2 Å². The smallest absolute Gasteiger partial charge is 0.229 e. The molecule has 1 N–H and O–H groups in total. The summed E-state index contributed by atoms with van der Waals surface area (Å²) in [6.45, 7) is 0. The van der Waals surface area contributed by atoms with E-state index >= 15 is 0 Å².